The summed E-state index contributed by atoms with van der Waals surface area (Å²) in [5.41, 5.74) is 6.01. The lowest BCUT2D eigenvalue weighted by Crippen LogP contribution is -2.11. The van der Waals surface area contributed by atoms with Crippen molar-refractivity contribution in [2.45, 2.75) is 0 Å². The third kappa shape index (κ3) is 2.44. The molecule has 0 bridgehead atoms. The van der Waals surface area contributed by atoms with E-state index in [-0.39, 0.29) is 5.56 Å². The molecule has 0 spiro atoms. The first-order valence-electron chi connectivity index (χ1n) is 4.77. The fourth-order valence-electron chi connectivity index (χ4n) is 1.45. The third-order valence-electron chi connectivity index (χ3n) is 2.22. The Hall–Kier alpha value is -2.30. The molecule has 1 heterocycles. The summed E-state index contributed by atoms with van der Waals surface area (Å²) in [6, 6.07) is 4.52. The average molecular weight is 234 g/mol. The van der Waals surface area contributed by atoms with Crippen LogP contribution >= 0.6 is 0 Å². The van der Waals surface area contributed by atoms with Gasteiger partial charge in [-0.3, -0.25) is 9.78 Å². The number of amides is 1. The lowest BCUT2D eigenvalue weighted by Gasteiger charge is -2.03. The van der Waals surface area contributed by atoms with Gasteiger partial charge in [0.15, 0.2) is 0 Å². The van der Waals surface area contributed by atoms with Crippen LogP contribution in [0.2, 0.25) is 0 Å². The topological polar surface area (TPSA) is 56.0 Å². The number of hydrogen-bond donors (Lipinski definition) is 1. The van der Waals surface area contributed by atoms with Gasteiger partial charge in [0.05, 0.1) is 5.56 Å². The lowest BCUT2D eigenvalue weighted by atomic mass is 10.1. The van der Waals surface area contributed by atoms with Gasteiger partial charge in [-0.05, 0) is 23.8 Å². The van der Waals surface area contributed by atoms with Gasteiger partial charge < -0.3 is 5.73 Å². The highest BCUT2D eigenvalue weighted by Crippen LogP contribution is 2.21. The highest BCUT2D eigenvalue weighted by Gasteiger charge is 2.06. The molecule has 0 saturated carbocycles. The van der Waals surface area contributed by atoms with Gasteiger partial charge in [-0.15, -0.1) is 0 Å². The van der Waals surface area contributed by atoms with Gasteiger partial charge in [0, 0.05) is 24.0 Å². The molecule has 86 valence electrons. The molecule has 0 atom stereocenters. The minimum absolute atomic E-state index is 0.187. The molecule has 17 heavy (non-hydrogen) atoms. The normalized spacial score (nSPS) is 10.2. The van der Waals surface area contributed by atoms with E-state index in [1.54, 1.807) is 0 Å². The SMILES string of the molecule is NC(=O)c1cncc(-c2cc(F)cc(F)c2)c1. The molecule has 0 saturated heterocycles. The lowest BCUT2D eigenvalue weighted by molar-refractivity contribution is 0.1000. The number of benzene rings is 1. The Morgan fingerprint density at radius 3 is 2.24 bits per heavy atom. The number of halogens is 2. The zero-order valence-corrected chi connectivity index (χ0v) is 8.65. The van der Waals surface area contributed by atoms with Crippen LogP contribution < -0.4 is 5.73 Å². The van der Waals surface area contributed by atoms with Gasteiger partial charge in [-0.1, -0.05) is 0 Å². The van der Waals surface area contributed by atoms with Crippen LogP contribution in [0, 0.1) is 11.6 Å². The van der Waals surface area contributed by atoms with E-state index in [2.05, 4.69) is 4.98 Å². The van der Waals surface area contributed by atoms with Gasteiger partial charge >= 0.3 is 0 Å². The van der Waals surface area contributed by atoms with Gasteiger partial charge in [-0.25, -0.2) is 8.78 Å². The summed E-state index contributed by atoms with van der Waals surface area (Å²) in [5, 5.41) is 0. The van der Waals surface area contributed by atoms with Crippen LogP contribution in [0.5, 0.6) is 0 Å². The number of hydrogen-bond acceptors (Lipinski definition) is 2. The van der Waals surface area contributed by atoms with Crippen molar-refractivity contribution in [3.8, 4) is 11.1 Å². The number of pyridine rings is 1. The molecule has 0 unspecified atom stereocenters. The van der Waals surface area contributed by atoms with Crippen LogP contribution in [0.4, 0.5) is 8.78 Å². The zero-order valence-electron chi connectivity index (χ0n) is 8.65. The number of nitrogens with zero attached hydrogens (tertiary/aromatic N) is 1. The second-order valence-corrected chi connectivity index (χ2v) is 3.48. The van der Waals surface area contributed by atoms with Gasteiger partial charge in [-0.2, -0.15) is 0 Å². The van der Waals surface area contributed by atoms with Crippen molar-refractivity contribution in [3.63, 3.8) is 0 Å². The first-order chi connectivity index (χ1) is 8.06. The summed E-state index contributed by atoms with van der Waals surface area (Å²) in [4.78, 5) is 14.7. The van der Waals surface area contributed by atoms with Crippen molar-refractivity contribution in [1.29, 1.82) is 0 Å². The van der Waals surface area contributed by atoms with Crippen molar-refractivity contribution in [2.75, 3.05) is 0 Å². The smallest absolute Gasteiger partial charge is 0.250 e. The summed E-state index contributed by atoms with van der Waals surface area (Å²) >= 11 is 0. The van der Waals surface area contributed by atoms with E-state index in [1.807, 2.05) is 0 Å². The Labute approximate surface area is 95.9 Å². The fourth-order valence-corrected chi connectivity index (χ4v) is 1.45. The minimum atomic E-state index is -0.690. The summed E-state index contributed by atoms with van der Waals surface area (Å²) < 4.78 is 26.0. The van der Waals surface area contributed by atoms with E-state index in [9.17, 15) is 13.6 Å². The molecule has 2 rings (SSSR count). The standard InChI is InChI=1S/C12H8F2N2O/c13-10-2-7(3-11(14)4-10)8-1-9(12(15)17)6-16-5-8/h1-6H,(H2,15,17). The quantitative estimate of drug-likeness (QED) is 0.865. The van der Waals surface area contributed by atoms with Crippen molar-refractivity contribution in [2.24, 2.45) is 5.73 Å². The molecule has 1 aromatic carbocycles. The molecular formula is C12H8F2N2O. The summed E-state index contributed by atoms with van der Waals surface area (Å²) in [5.74, 6) is -2.02. The second-order valence-electron chi connectivity index (χ2n) is 3.48. The number of rotatable bonds is 2. The van der Waals surface area contributed by atoms with E-state index in [0.717, 1.165) is 18.2 Å². The van der Waals surface area contributed by atoms with Gasteiger partial charge in [0.2, 0.25) is 5.91 Å². The maximum absolute atomic E-state index is 13.0. The predicted molar refractivity (Wildman–Crippen MR) is 58.1 cm³/mol. The van der Waals surface area contributed by atoms with Crippen LogP contribution in [0.15, 0.2) is 36.7 Å². The molecule has 1 amide bonds. The van der Waals surface area contributed by atoms with Crippen molar-refractivity contribution in [1.82, 2.24) is 4.98 Å². The molecular weight excluding hydrogens is 226 g/mol. The average Bonchev–Trinajstić information content (AvgIpc) is 2.28. The molecule has 2 N–H and O–H groups in total. The summed E-state index contributed by atoms with van der Waals surface area (Å²) in [6.45, 7) is 0. The van der Waals surface area contributed by atoms with Crippen LogP contribution in [-0.4, -0.2) is 10.9 Å². The zero-order chi connectivity index (χ0) is 12.4. The first kappa shape index (κ1) is 11.2. The van der Waals surface area contributed by atoms with E-state index >= 15 is 0 Å². The maximum atomic E-state index is 13.0. The fraction of sp³-hybridized carbons (Fsp3) is 0. The summed E-state index contributed by atoms with van der Waals surface area (Å²) in [6.07, 6.45) is 2.70. The van der Waals surface area contributed by atoms with Crippen molar-refractivity contribution >= 4 is 5.91 Å². The van der Waals surface area contributed by atoms with Gasteiger partial charge in [0.25, 0.3) is 0 Å². The van der Waals surface area contributed by atoms with Crippen LogP contribution in [0.1, 0.15) is 10.4 Å². The maximum Gasteiger partial charge on any atom is 0.250 e. The van der Waals surface area contributed by atoms with E-state index in [1.165, 1.54) is 18.5 Å². The highest BCUT2D eigenvalue weighted by molar-refractivity contribution is 5.93. The number of carbonyl (C=O) groups excluding carboxylic acids is 1. The highest BCUT2D eigenvalue weighted by atomic mass is 19.1. The Morgan fingerprint density at radius 1 is 1.00 bits per heavy atom. The molecule has 3 nitrogen and oxygen atoms in total. The summed E-state index contributed by atoms with van der Waals surface area (Å²) in [7, 11) is 0. The Morgan fingerprint density at radius 2 is 1.65 bits per heavy atom. The van der Waals surface area contributed by atoms with Crippen LogP contribution in [0.3, 0.4) is 0 Å². The molecule has 0 radical (unpaired) electrons. The number of carbonyl (C=O) groups is 1. The Kier molecular flexibility index (Phi) is 2.82. The third-order valence-corrected chi connectivity index (χ3v) is 2.22. The molecule has 0 aliphatic heterocycles. The monoisotopic (exact) mass is 234 g/mol. The van der Waals surface area contributed by atoms with E-state index < -0.39 is 17.5 Å². The largest absolute Gasteiger partial charge is 0.366 e. The van der Waals surface area contributed by atoms with Crippen molar-refractivity contribution in [3.05, 3.63) is 53.9 Å². The van der Waals surface area contributed by atoms with Crippen LogP contribution in [-0.2, 0) is 0 Å². The predicted octanol–water partition coefficient (Wildman–Crippen LogP) is 2.13. The van der Waals surface area contributed by atoms with E-state index in [4.69, 9.17) is 5.73 Å². The van der Waals surface area contributed by atoms with Gasteiger partial charge in [0.1, 0.15) is 11.6 Å². The number of nitrogens with two attached hydrogens (primary N) is 1. The van der Waals surface area contributed by atoms with Crippen LogP contribution in [0.25, 0.3) is 11.1 Å². The molecule has 1 aromatic heterocycles. The Balaban J connectivity index is 2.52. The Bertz CT molecular complexity index is 564. The molecule has 2 aromatic rings. The molecule has 0 aliphatic carbocycles. The molecule has 5 heteroatoms. The molecule has 0 fully saturated rings. The molecule has 0 aliphatic rings. The van der Waals surface area contributed by atoms with E-state index in [0.29, 0.717) is 11.1 Å². The number of primary amides is 1. The first-order valence-corrected chi connectivity index (χ1v) is 4.77. The van der Waals surface area contributed by atoms with Crippen molar-refractivity contribution < 1.29 is 13.6 Å². The number of aromatic nitrogens is 1. The minimum Gasteiger partial charge on any atom is -0.366 e. The second kappa shape index (κ2) is 4.29.